The van der Waals surface area contributed by atoms with Crippen molar-refractivity contribution in [3.63, 3.8) is 0 Å². The molecule has 0 fully saturated rings. The van der Waals surface area contributed by atoms with Crippen LogP contribution in [0.4, 0.5) is 11.5 Å². The second kappa shape index (κ2) is 6.31. The number of benzene rings is 1. The Morgan fingerprint density at radius 2 is 2.10 bits per heavy atom. The molecule has 1 aromatic carbocycles. The smallest absolute Gasteiger partial charge is 0.276 e. The van der Waals surface area contributed by atoms with Crippen LogP contribution in [0, 0.1) is 0 Å². The van der Waals surface area contributed by atoms with Crippen LogP contribution in [0.3, 0.4) is 0 Å². The van der Waals surface area contributed by atoms with Gasteiger partial charge in [0.25, 0.3) is 5.91 Å². The average Bonchev–Trinajstić information content (AvgIpc) is 2.49. The SMILES string of the molecule is COc1ccc(Br)c(NC(=O)c2ccc(NN)nn2)c1. The van der Waals surface area contributed by atoms with Gasteiger partial charge in [-0.25, -0.2) is 5.84 Å². The Balaban J connectivity index is 2.18. The number of anilines is 2. The van der Waals surface area contributed by atoms with Gasteiger partial charge >= 0.3 is 0 Å². The van der Waals surface area contributed by atoms with E-state index in [4.69, 9.17) is 10.6 Å². The molecule has 0 atom stereocenters. The first-order valence-corrected chi connectivity index (χ1v) is 6.38. The summed E-state index contributed by atoms with van der Waals surface area (Å²) in [7, 11) is 1.55. The number of amides is 1. The number of nitrogens with one attached hydrogen (secondary N) is 2. The van der Waals surface area contributed by atoms with Crippen molar-refractivity contribution in [3.8, 4) is 5.75 Å². The van der Waals surface area contributed by atoms with Gasteiger partial charge in [-0.2, -0.15) is 0 Å². The summed E-state index contributed by atoms with van der Waals surface area (Å²) in [6.45, 7) is 0. The standard InChI is InChI=1S/C12H12BrN5O2/c1-20-7-2-3-8(13)10(6-7)15-12(19)9-4-5-11(16-14)18-17-9/h2-6H,14H2,1H3,(H,15,19)(H,16,18). The molecule has 8 heteroatoms. The number of nitrogens with zero attached hydrogens (tertiary/aromatic N) is 2. The lowest BCUT2D eigenvalue weighted by Gasteiger charge is -2.09. The zero-order chi connectivity index (χ0) is 14.5. The molecule has 0 unspecified atom stereocenters. The Kier molecular flexibility index (Phi) is 4.49. The van der Waals surface area contributed by atoms with Gasteiger partial charge in [-0.05, 0) is 40.2 Å². The van der Waals surface area contributed by atoms with Crippen molar-refractivity contribution in [2.75, 3.05) is 17.9 Å². The average molecular weight is 338 g/mol. The van der Waals surface area contributed by atoms with E-state index in [1.165, 1.54) is 6.07 Å². The van der Waals surface area contributed by atoms with Gasteiger partial charge in [-0.3, -0.25) is 4.79 Å². The number of halogens is 1. The van der Waals surface area contributed by atoms with Crippen LogP contribution in [0.5, 0.6) is 5.75 Å². The van der Waals surface area contributed by atoms with Crippen LogP contribution in [-0.2, 0) is 0 Å². The van der Waals surface area contributed by atoms with Crippen LogP contribution in [0.1, 0.15) is 10.5 Å². The summed E-state index contributed by atoms with van der Waals surface area (Å²) in [5.74, 6) is 5.81. The van der Waals surface area contributed by atoms with Gasteiger partial charge in [-0.15, -0.1) is 10.2 Å². The fraction of sp³-hybridized carbons (Fsp3) is 0.0833. The van der Waals surface area contributed by atoms with Crippen LogP contribution in [-0.4, -0.2) is 23.2 Å². The summed E-state index contributed by atoms with van der Waals surface area (Å²) in [6, 6.07) is 8.34. The van der Waals surface area contributed by atoms with E-state index in [0.29, 0.717) is 17.3 Å². The number of rotatable bonds is 4. The number of nitrogen functional groups attached to an aromatic ring is 1. The van der Waals surface area contributed by atoms with Crippen molar-refractivity contribution >= 4 is 33.3 Å². The van der Waals surface area contributed by atoms with Crippen molar-refractivity contribution in [2.45, 2.75) is 0 Å². The topological polar surface area (TPSA) is 102 Å². The van der Waals surface area contributed by atoms with Crippen LogP contribution in [0.25, 0.3) is 0 Å². The fourth-order valence-electron chi connectivity index (χ4n) is 1.44. The molecule has 0 aliphatic heterocycles. The molecular formula is C12H12BrN5O2. The normalized spacial score (nSPS) is 9.95. The number of hydrogen-bond donors (Lipinski definition) is 3. The second-order valence-electron chi connectivity index (χ2n) is 3.75. The maximum absolute atomic E-state index is 12.0. The fourth-order valence-corrected chi connectivity index (χ4v) is 1.79. The predicted molar refractivity (Wildman–Crippen MR) is 78.5 cm³/mol. The second-order valence-corrected chi connectivity index (χ2v) is 4.60. The van der Waals surface area contributed by atoms with E-state index in [2.05, 4.69) is 36.9 Å². The molecule has 104 valence electrons. The first-order valence-electron chi connectivity index (χ1n) is 5.59. The molecule has 0 spiro atoms. The zero-order valence-electron chi connectivity index (χ0n) is 10.6. The minimum absolute atomic E-state index is 0.179. The van der Waals surface area contributed by atoms with Crippen molar-refractivity contribution in [3.05, 3.63) is 40.5 Å². The largest absolute Gasteiger partial charge is 0.497 e. The number of carbonyl (C=O) groups is 1. The Morgan fingerprint density at radius 1 is 1.30 bits per heavy atom. The van der Waals surface area contributed by atoms with Crippen LogP contribution < -0.4 is 21.3 Å². The Labute approximate surface area is 123 Å². The summed E-state index contributed by atoms with van der Waals surface area (Å²) in [5.41, 5.74) is 3.10. The number of ether oxygens (including phenoxy) is 1. The molecule has 2 aromatic rings. The summed E-state index contributed by atoms with van der Waals surface area (Å²) in [5, 5.41) is 10.2. The maximum Gasteiger partial charge on any atom is 0.276 e. The maximum atomic E-state index is 12.0. The van der Waals surface area contributed by atoms with Crippen molar-refractivity contribution in [1.82, 2.24) is 10.2 Å². The summed E-state index contributed by atoms with van der Waals surface area (Å²) in [4.78, 5) is 12.0. The summed E-state index contributed by atoms with van der Waals surface area (Å²) in [6.07, 6.45) is 0. The molecule has 20 heavy (non-hydrogen) atoms. The number of hydrogen-bond acceptors (Lipinski definition) is 6. The summed E-state index contributed by atoms with van der Waals surface area (Å²) >= 11 is 3.35. The summed E-state index contributed by atoms with van der Waals surface area (Å²) < 4.78 is 5.84. The van der Waals surface area contributed by atoms with Crippen molar-refractivity contribution < 1.29 is 9.53 Å². The Bertz CT molecular complexity index is 618. The van der Waals surface area contributed by atoms with Gasteiger partial charge in [0.15, 0.2) is 11.5 Å². The molecule has 0 aliphatic rings. The highest BCUT2D eigenvalue weighted by atomic mass is 79.9. The quantitative estimate of drug-likeness (QED) is 0.580. The first kappa shape index (κ1) is 14.2. The zero-order valence-corrected chi connectivity index (χ0v) is 12.1. The molecule has 1 aromatic heterocycles. The molecule has 1 heterocycles. The van der Waals surface area contributed by atoms with E-state index in [1.54, 1.807) is 31.4 Å². The molecule has 0 saturated carbocycles. The Hall–Kier alpha value is -2.19. The molecule has 2 rings (SSSR count). The molecule has 7 nitrogen and oxygen atoms in total. The van der Waals surface area contributed by atoms with E-state index < -0.39 is 0 Å². The lowest BCUT2D eigenvalue weighted by molar-refractivity contribution is 0.102. The molecule has 4 N–H and O–H groups in total. The Morgan fingerprint density at radius 3 is 2.70 bits per heavy atom. The molecule has 1 amide bonds. The minimum Gasteiger partial charge on any atom is -0.497 e. The number of hydrazine groups is 1. The minimum atomic E-state index is -0.380. The van der Waals surface area contributed by atoms with E-state index >= 15 is 0 Å². The number of methoxy groups -OCH3 is 1. The van der Waals surface area contributed by atoms with E-state index in [1.807, 2.05) is 0 Å². The first-order chi connectivity index (χ1) is 9.63. The van der Waals surface area contributed by atoms with Gasteiger partial charge in [-0.1, -0.05) is 0 Å². The van der Waals surface area contributed by atoms with Crippen LogP contribution >= 0.6 is 15.9 Å². The van der Waals surface area contributed by atoms with Crippen molar-refractivity contribution in [1.29, 1.82) is 0 Å². The highest BCUT2D eigenvalue weighted by Gasteiger charge is 2.11. The third-order valence-electron chi connectivity index (χ3n) is 2.47. The third kappa shape index (κ3) is 3.22. The van der Waals surface area contributed by atoms with Gasteiger partial charge in [0.05, 0.1) is 12.8 Å². The molecule has 0 aliphatic carbocycles. The monoisotopic (exact) mass is 337 g/mol. The third-order valence-corrected chi connectivity index (χ3v) is 3.16. The lowest BCUT2D eigenvalue weighted by Crippen LogP contribution is -2.16. The van der Waals surface area contributed by atoms with E-state index in [0.717, 1.165) is 4.47 Å². The molecule has 0 radical (unpaired) electrons. The number of carbonyl (C=O) groups excluding carboxylic acids is 1. The number of aromatic nitrogens is 2. The van der Waals surface area contributed by atoms with Crippen molar-refractivity contribution in [2.24, 2.45) is 5.84 Å². The van der Waals surface area contributed by atoms with E-state index in [-0.39, 0.29) is 11.6 Å². The molecule has 0 bridgehead atoms. The van der Waals surface area contributed by atoms with Gasteiger partial charge in [0.1, 0.15) is 5.75 Å². The van der Waals surface area contributed by atoms with Crippen LogP contribution in [0.15, 0.2) is 34.8 Å². The number of nitrogens with two attached hydrogens (primary N) is 1. The van der Waals surface area contributed by atoms with E-state index in [9.17, 15) is 4.79 Å². The molecule has 0 saturated heterocycles. The predicted octanol–water partition coefficient (Wildman–Crippen LogP) is 1.79. The van der Waals surface area contributed by atoms with Gasteiger partial charge in [0.2, 0.25) is 0 Å². The van der Waals surface area contributed by atoms with Gasteiger partial charge in [0, 0.05) is 10.5 Å². The molecular weight excluding hydrogens is 326 g/mol. The highest BCUT2D eigenvalue weighted by molar-refractivity contribution is 9.10. The van der Waals surface area contributed by atoms with Crippen LogP contribution in [0.2, 0.25) is 0 Å². The highest BCUT2D eigenvalue weighted by Crippen LogP contribution is 2.27. The lowest BCUT2D eigenvalue weighted by atomic mass is 10.3. The van der Waals surface area contributed by atoms with Gasteiger partial charge < -0.3 is 15.5 Å².